The van der Waals surface area contributed by atoms with E-state index in [1.54, 1.807) is 43.5 Å². The Morgan fingerprint density at radius 3 is 2.60 bits per heavy atom. The normalized spacial score (nSPS) is 11.4. The number of aryl methyl sites for hydroxylation is 1. The Morgan fingerprint density at radius 2 is 1.80 bits per heavy atom. The van der Waals surface area contributed by atoms with E-state index in [1.165, 1.54) is 15.1 Å². The number of benzene rings is 2. The average molecular weight is 420 g/mol. The van der Waals surface area contributed by atoms with Gasteiger partial charge in [-0.25, -0.2) is 9.37 Å². The predicted molar refractivity (Wildman–Crippen MR) is 113 cm³/mol. The van der Waals surface area contributed by atoms with Crippen molar-refractivity contribution in [1.82, 2.24) is 24.1 Å². The van der Waals surface area contributed by atoms with Crippen LogP contribution >= 0.6 is 11.6 Å². The van der Waals surface area contributed by atoms with Crippen LogP contribution in [0.5, 0.6) is 0 Å². The molecule has 3 heterocycles. The molecule has 0 aliphatic rings. The highest BCUT2D eigenvalue weighted by Gasteiger charge is 2.19. The zero-order valence-electron chi connectivity index (χ0n) is 15.9. The first-order valence-electron chi connectivity index (χ1n) is 9.28. The lowest BCUT2D eigenvalue weighted by atomic mass is 10.1. The summed E-state index contributed by atoms with van der Waals surface area (Å²) in [6.07, 6.45) is 1.61. The van der Waals surface area contributed by atoms with Crippen LogP contribution < -0.4 is 5.56 Å². The zero-order valence-corrected chi connectivity index (χ0v) is 16.6. The molecule has 148 valence electrons. The van der Waals surface area contributed by atoms with Crippen molar-refractivity contribution in [2.24, 2.45) is 0 Å². The fraction of sp³-hybridized carbons (Fsp3) is 0.0909. The molecule has 6 nitrogen and oxygen atoms in total. The lowest BCUT2D eigenvalue weighted by molar-refractivity contribution is 0.597. The van der Waals surface area contributed by atoms with Gasteiger partial charge in [0, 0.05) is 22.3 Å². The van der Waals surface area contributed by atoms with E-state index in [0.717, 1.165) is 0 Å². The molecule has 0 saturated heterocycles. The van der Waals surface area contributed by atoms with Gasteiger partial charge in [-0.2, -0.15) is 9.50 Å². The Balaban J connectivity index is 1.85. The van der Waals surface area contributed by atoms with E-state index in [0.29, 0.717) is 44.3 Å². The second kappa shape index (κ2) is 7.03. The van der Waals surface area contributed by atoms with Crippen LogP contribution in [0.2, 0.25) is 5.02 Å². The molecule has 30 heavy (non-hydrogen) atoms. The molecule has 0 spiro atoms. The minimum Gasteiger partial charge on any atom is -0.310 e. The molecule has 0 aliphatic heterocycles. The van der Waals surface area contributed by atoms with Crippen molar-refractivity contribution in [3.8, 4) is 11.3 Å². The molecule has 5 rings (SSSR count). The number of rotatable bonds is 3. The number of fused-ring (bicyclic) bond motifs is 2. The molecule has 0 unspecified atom stereocenters. The minimum absolute atomic E-state index is 0.0951. The van der Waals surface area contributed by atoms with Gasteiger partial charge in [0.15, 0.2) is 0 Å². The second-order valence-corrected chi connectivity index (χ2v) is 7.32. The van der Waals surface area contributed by atoms with Gasteiger partial charge >= 0.3 is 0 Å². The van der Waals surface area contributed by atoms with Gasteiger partial charge in [-0.3, -0.25) is 4.79 Å². The number of hydrogen-bond acceptors (Lipinski definition) is 4. The molecular weight excluding hydrogens is 405 g/mol. The number of hydrogen-bond donors (Lipinski definition) is 0. The molecule has 0 radical (unpaired) electrons. The van der Waals surface area contributed by atoms with E-state index in [2.05, 4.69) is 15.1 Å². The Kier molecular flexibility index (Phi) is 4.33. The summed E-state index contributed by atoms with van der Waals surface area (Å²) in [7, 11) is 0. The highest BCUT2D eigenvalue weighted by Crippen LogP contribution is 2.31. The highest BCUT2D eigenvalue weighted by atomic mass is 35.5. The van der Waals surface area contributed by atoms with Crippen LogP contribution in [-0.2, 0) is 6.54 Å². The number of halogens is 2. The molecular formula is C22H15ClFN5O. The molecule has 0 amide bonds. The summed E-state index contributed by atoms with van der Waals surface area (Å²) in [6.45, 7) is 1.85. The third-order valence-corrected chi connectivity index (χ3v) is 5.27. The largest absolute Gasteiger partial charge is 0.310 e. The molecule has 0 bridgehead atoms. The Bertz CT molecular complexity index is 1490. The summed E-state index contributed by atoms with van der Waals surface area (Å²) in [4.78, 5) is 22.3. The van der Waals surface area contributed by atoms with Crippen molar-refractivity contribution in [2.45, 2.75) is 13.5 Å². The molecule has 8 heteroatoms. The van der Waals surface area contributed by atoms with Crippen molar-refractivity contribution in [3.05, 3.63) is 93.4 Å². The SMILES string of the molecule is Cc1nc2nc3ccn(Cc4ccccc4F)c(=O)c3c(-c3ccccc3Cl)n2n1. The van der Waals surface area contributed by atoms with Gasteiger partial charge in [0.2, 0.25) is 0 Å². The van der Waals surface area contributed by atoms with Gasteiger partial charge < -0.3 is 4.57 Å². The van der Waals surface area contributed by atoms with E-state index in [4.69, 9.17) is 11.6 Å². The van der Waals surface area contributed by atoms with Crippen LogP contribution in [-0.4, -0.2) is 24.1 Å². The average Bonchev–Trinajstić information content (AvgIpc) is 3.10. The van der Waals surface area contributed by atoms with Crippen LogP contribution in [0.4, 0.5) is 4.39 Å². The third-order valence-electron chi connectivity index (χ3n) is 4.94. The minimum atomic E-state index is -0.365. The molecule has 5 aromatic rings. The topological polar surface area (TPSA) is 65.1 Å². The van der Waals surface area contributed by atoms with Crippen LogP contribution in [0.1, 0.15) is 11.4 Å². The standard InChI is InChI=1S/C22H15ClFN5O/c1-13-25-22-26-18-10-11-28(12-14-6-2-5-9-17(14)24)21(30)19(18)20(29(22)27-13)15-7-3-4-8-16(15)23/h2-11H,12H2,1H3. The third kappa shape index (κ3) is 2.95. The zero-order chi connectivity index (χ0) is 20.8. The van der Waals surface area contributed by atoms with Crippen molar-refractivity contribution >= 4 is 28.3 Å². The van der Waals surface area contributed by atoms with Gasteiger partial charge in [0.1, 0.15) is 11.6 Å². The number of aromatic nitrogens is 5. The summed E-state index contributed by atoms with van der Waals surface area (Å²) in [5, 5.41) is 5.25. The van der Waals surface area contributed by atoms with Gasteiger partial charge in [-0.15, -0.1) is 5.10 Å². The van der Waals surface area contributed by atoms with Crippen molar-refractivity contribution in [2.75, 3.05) is 0 Å². The van der Waals surface area contributed by atoms with Crippen molar-refractivity contribution < 1.29 is 4.39 Å². The summed E-state index contributed by atoms with van der Waals surface area (Å²) < 4.78 is 17.2. The quantitative estimate of drug-likeness (QED) is 0.438. The van der Waals surface area contributed by atoms with E-state index in [-0.39, 0.29) is 17.9 Å². The molecule has 3 aromatic heterocycles. The van der Waals surface area contributed by atoms with Gasteiger partial charge in [0.05, 0.1) is 23.1 Å². The van der Waals surface area contributed by atoms with E-state index in [9.17, 15) is 9.18 Å². The van der Waals surface area contributed by atoms with Gasteiger partial charge in [0.25, 0.3) is 11.3 Å². The summed E-state index contributed by atoms with van der Waals surface area (Å²) in [5.74, 6) is 0.537. The first kappa shape index (κ1) is 18.4. The van der Waals surface area contributed by atoms with Crippen LogP contribution in [0, 0.1) is 12.7 Å². The molecule has 2 aromatic carbocycles. The summed E-state index contributed by atoms with van der Waals surface area (Å²) in [6, 6.07) is 15.3. The lowest BCUT2D eigenvalue weighted by Crippen LogP contribution is -2.22. The number of pyridine rings is 1. The monoisotopic (exact) mass is 419 g/mol. The predicted octanol–water partition coefficient (Wildman–Crippen LogP) is 4.26. The molecule has 0 saturated carbocycles. The van der Waals surface area contributed by atoms with E-state index < -0.39 is 0 Å². The molecule has 0 atom stereocenters. The first-order chi connectivity index (χ1) is 14.5. The molecule has 0 fully saturated rings. The van der Waals surface area contributed by atoms with Gasteiger partial charge in [-0.1, -0.05) is 48.0 Å². The highest BCUT2D eigenvalue weighted by molar-refractivity contribution is 6.33. The maximum absolute atomic E-state index is 14.2. The van der Waals surface area contributed by atoms with Crippen molar-refractivity contribution in [3.63, 3.8) is 0 Å². The van der Waals surface area contributed by atoms with E-state index in [1.807, 2.05) is 18.2 Å². The summed E-state index contributed by atoms with van der Waals surface area (Å²) in [5.41, 5.74) is 1.73. The maximum Gasteiger partial charge on any atom is 0.262 e. The maximum atomic E-state index is 14.2. The Labute approximate surface area is 175 Å². The summed E-state index contributed by atoms with van der Waals surface area (Å²) >= 11 is 6.47. The Hall–Kier alpha value is -3.58. The van der Waals surface area contributed by atoms with Crippen LogP contribution in [0.15, 0.2) is 65.6 Å². The van der Waals surface area contributed by atoms with Gasteiger partial charge in [-0.05, 0) is 25.1 Å². The molecule has 0 N–H and O–H groups in total. The lowest BCUT2D eigenvalue weighted by Gasteiger charge is -2.12. The van der Waals surface area contributed by atoms with Crippen LogP contribution in [0.25, 0.3) is 27.9 Å². The second-order valence-electron chi connectivity index (χ2n) is 6.91. The van der Waals surface area contributed by atoms with Crippen LogP contribution in [0.3, 0.4) is 0 Å². The Morgan fingerprint density at radius 1 is 1.03 bits per heavy atom. The fourth-order valence-electron chi connectivity index (χ4n) is 3.56. The smallest absolute Gasteiger partial charge is 0.262 e. The number of nitrogens with zero attached hydrogens (tertiary/aromatic N) is 5. The molecule has 0 aliphatic carbocycles. The fourth-order valence-corrected chi connectivity index (χ4v) is 3.78. The van der Waals surface area contributed by atoms with E-state index >= 15 is 0 Å². The van der Waals surface area contributed by atoms with Crippen molar-refractivity contribution in [1.29, 1.82) is 0 Å². The first-order valence-corrected chi connectivity index (χ1v) is 9.65.